The van der Waals surface area contributed by atoms with Crippen LogP contribution in [-0.4, -0.2) is 75.4 Å². The molecule has 1 unspecified atom stereocenters. The summed E-state index contributed by atoms with van der Waals surface area (Å²) in [6.07, 6.45) is 2.43. The second-order valence-corrected chi connectivity index (χ2v) is 5.32. The predicted molar refractivity (Wildman–Crippen MR) is 88.5 cm³/mol. The second-order valence-electron chi connectivity index (χ2n) is 5.32. The first-order chi connectivity index (χ1) is 9.73. The van der Waals surface area contributed by atoms with Crippen LogP contribution in [0.3, 0.4) is 0 Å². The lowest BCUT2D eigenvalue weighted by Gasteiger charge is -2.31. The number of hydrogen-bond acceptors (Lipinski definition) is 4. The Labute approximate surface area is 126 Å². The third kappa shape index (κ3) is 8.90. The van der Waals surface area contributed by atoms with Crippen molar-refractivity contribution in [3.05, 3.63) is 0 Å². The molecule has 1 atom stereocenters. The monoisotopic (exact) mass is 287 g/mol. The van der Waals surface area contributed by atoms with Crippen molar-refractivity contribution in [2.24, 2.45) is 0 Å². The van der Waals surface area contributed by atoms with Crippen LogP contribution >= 0.6 is 0 Å². The van der Waals surface area contributed by atoms with E-state index in [4.69, 9.17) is 4.74 Å². The first-order valence-corrected chi connectivity index (χ1v) is 8.39. The maximum atomic E-state index is 5.40. The molecular formula is C16H37N3O. The van der Waals surface area contributed by atoms with Crippen LogP contribution in [0.5, 0.6) is 0 Å². The Balaban J connectivity index is 4.13. The van der Waals surface area contributed by atoms with Gasteiger partial charge < -0.3 is 15.0 Å². The second kappa shape index (κ2) is 13.8. The minimum absolute atomic E-state index is 0.494. The van der Waals surface area contributed by atoms with E-state index < -0.39 is 0 Å². The molecule has 4 nitrogen and oxygen atoms in total. The molecule has 4 heteroatoms. The fourth-order valence-electron chi connectivity index (χ4n) is 2.57. The van der Waals surface area contributed by atoms with Gasteiger partial charge in [0.15, 0.2) is 0 Å². The van der Waals surface area contributed by atoms with Crippen molar-refractivity contribution in [3.63, 3.8) is 0 Å². The Morgan fingerprint density at radius 2 is 1.70 bits per heavy atom. The molecule has 0 spiro atoms. The Bertz CT molecular complexity index is 198. The molecule has 0 amide bonds. The van der Waals surface area contributed by atoms with Gasteiger partial charge in [0.2, 0.25) is 0 Å². The molecule has 0 aliphatic rings. The van der Waals surface area contributed by atoms with Gasteiger partial charge in [-0.2, -0.15) is 0 Å². The van der Waals surface area contributed by atoms with Gasteiger partial charge in [-0.1, -0.05) is 27.7 Å². The highest BCUT2D eigenvalue weighted by Crippen LogP contribution is 2.02. The van der Waals surface area contributed by atoms with Gasteiger partial charge in [-0.15, -0.1) is 0 Å². The summed E-state index contributed by atoms with van der Waals surface area (Å²) in [5.41, 5.74) is 0. The van der Waals surface area contributed by atoms with Crippen molar-refractivity contribution in [3.8, 4) is 0 Å². The number of hydrogen-bond donors (Lipinski definition) is 1. The standard InChI is InChI=1S/C16H37N3O/c1-6-11-17-14-16(15-20-5)19(9-4)13-10-12-18(7-2)8-3/h16-17H,6-15H2,1-5H3. The summed E-state index contributed by atoms with van der Waals surface area (Å²) in [4.78, 5) is 5.05. The van der Waals surface area contributed by atoms with Crippen molar-refractivity contribution >= 4 is 0 Å². The molecule has 0 aliphatic heterocycles. The van der Waals surface area contributed by atoms with Crippen LogP contribution in [0.15, 0.2) is 0 Å². The van der Waals surface area contributed by atoms with E-state index in [2.05, 4.69) is 42.8 Å². The summed E-state index contributed by atoms with van der Waals surface area (Å²) in [5, 5.41) is 3.52. The Hall–Kier alpha value is -0.160. The quantitative estimate of drug-likeness (QED) is 0.495. The average molecular weight is 287 g/mol. The molecule has 0 bridgehead atoms. The summed E-state index contributed by atoms with van der Waals surface area (Å²) in [5.74, 6) is 0. The molecule has 0 saturated heterocycles. The number of rotatable bonds is 14. The summed E-state index contributed by atoms with van der Waals surface area (Å²) in [6.45, 7) is 17.6. The molecule has 122 valence electrons. The van der Waals surface area contributed by atoms with Crippen LogP contribution < -0.4 is 5.32 Å². The highest BCUT2D eigenvalue weighted by atomic mass is 16.5. The lowest BCUT2D eigenvalue weighted by molar-refractivity contribution is 0.0893. The molecule has 0 saturated carbocycles. The zero-order chi connectivity index (χ0) is 15.2. The molecule has 0 fully saturated rings. The zero-order valence-corrected chi connectivity index (χ0v) is 14.5. The van der Waals surface area contributed by atoms with Crippen molar-refractivity contribution in [2.45, 2.75) is 46.6 Å². The Kier molecular flexibility index (Phi) is 13.7. The van der Waals surface area contributed by atoms with Gasteiger partial charge in [0.1, 0.15) is 0 Å². The highest BCUT2D eigenvalue weighted by Gasteiger charge is 2.16. The van der Waals surface area contributed by atoms with E-state index in [0.29, 0.717) is 6.04 Å². The van der Waals surface area contributed by atoms with Crippen LogP contribution in [-0.2, 0) is 4.74 Å². The minimum Gasteiger partial charge on any atom is -0.383 e. The largest absolute Gasteiger partial charge is 0.383 e. The number of likely N-dealkylation sites (N-methyl/N-ethyl adjacent to an activating group) is 1. The summed E-state index contributed by atoms with van der Waals surface area (Å²) >= 11 is 0. The molecule has 0 radical (unpaired) electrons. The molecule has 0 heterocycles. The molecule has 0 aromatic rings. The van der Waals surface area contributed by atoms with Crippen LogP contribution in [0.25, 0.3) is 0 Å². The third-order valence-electron chi connectivity index (χ3n) is 3.90. The van der Waals surface area contributed by atoms with E-state index in [1.54, 1.807) is 7.11 Å². The van der Waals surface area contributed by atoms with Crippen molar-refractivity contribution in [1.29, 1.82) is 0 Å². The number of nitrogens with zero attached hydrogens (tertiary/aromatic N) is 2. The lowest BCUT2D eigenvalue weighted by atomic mass is 10.2. The third-order valence-corrected chi connectivity index (χ3v) is 3.90. The van der Waals surface area contributed by atoms with E-state index in [1.165, 1.54) is 19.4 Å². The SMILES string of the molecule is CCCNCC(COC)N(CC)CCCN(CC)CC. The van der Waals surface area contributed by atoms with Crippen LogP contribution in [0.4, 0.5) is 0 Å². The Morgan fingerprint density at radius 3 is 2.20 bits per heavy atom. The van der Waals surface area contributed by atoms with Crippen molar-refractivity contribution in [2.75, 3.05) is 59.5 Å². The highest BCUT2D eigenvalue weighted by molar-refractivity contribution is 4.73. The summed E-state index contributed by atoms with van der Waals surface area (Å²) < 4.78 is 5.40. The van der Waals surface area contributed by atoms with Crippen molar-refractivity contribution in [1.82, 2.24) is 15.1 Å². The fraction of sp³-hybridized carbons (Fsp3) is 1.00. The van der Waals surface area contributed by atoms with E-state index in [0.717, 1.165) is 45.9 Å². The molecular weight excluding hydrogens is 250 g/mol. The fourth-order valence-corrected chi connectivity index (χ4v) is 2.57. The van der Waals surface area contributed by atoms with E-state index in [1.807, 2.05) is 0 Å². The molecule has 0 aliphatic carbocycles. The Morgan fingerprint density at radius 1 is 1.00 bits per heavy atom. The van der Waals surface area contributed by atoms with Gasteiger partial charge in [-0.3, -0.25) is 4.90 Å². The maximum absolute atomic E-state index is 5.40. The lowest BCUT2D eigenvalue weighted by Crippen LogP contribution is -2.46. The van der Waals surface area contributed by atoms with E-state index >= 15 is 0 Å². The normalized spacial score (nSPS) is 13.3. The minimum atomic E-state index is 0.494. The van der Waals surface area contributed by atoms with E-state index in [9.17, 15) is 0 Å². The van der Waals surface area contributed by atoms with Crippen molar-refractivity contribution < 1.29 is 4.74 Å². The summed E-state index contributed by atoms with van der Waals surface area (Å²) in [6, 6.07) is 0.494. The van der Waals surface area contributed by atoms with Gasteiger partial charge in [0.25, 0.3) is 0 Å². The molecule has 0 aromatic carbocycles. The van der Waals surface area contributed by atoms with E-state index in [-0.39, 0.29) is 0 Å². The van der Waals surface area contributed by atoms with Gasteiger partial charge in [0, 0.05) is 19.7 Å². The van der Waals surface area contributed by atoms with Gasteiger partial charge in [-0.25, -0.2) is 0 Å². The molecule has 20 heavy (non-hydrogen) atoms. The smallest absolute Gasteiger partial charge is 0.0630 e. The van der Waals surface area contributed by atoms with Gasteiger partial charge in [-0.05, 0) is 52.1 Å². The van der Waals surface area contributed by atoms with Crippen LogP contribution in [0.2, 0.25) is 0 Å². The number of ether oxygens (including phenoxy) is 1. The molecule has 1 N–H and O–H groups in total. The maximum Gasteiger partial charge on any atom is 0.0630 e. The first kappa shape index (κ1) is 19.8. The van der Waals surface area contributed by atoms with Gasteiger partial charge in [0.05, 0.1) is 6.61 Å². The number of nitrogens with one attached hydrogen (secondary N) is 1. The predicted octanol–water partition coefficient (Wildman–Crippen LogP) is 2.05. The zero-order valence-electron chi connectivity index (χ0n) is 14.5. The van der Waals surface area contributed by atoms with Crippen LogP contribution in [0.1, 0.15) is 40.5 Å². The molecule has 0 rings (SSSR count). The first-order valence-electron chi connectivity index (χ1n) is 8.39. The van der Waals surface area contributed by atoms with Gasteiger partial charge >= 0.3 is 0 Å². The van der Waals surface area contributed by atoms with Crippen LogP contribution in [0, 0.1) is 0 Å². The average Bonchev–Trinajstić information content (AvgIpc) is 2.47. The summed E-state index contributed by atoms with van der Waals surface area (Å²) in [7, 11) is 1.80. The molecule has 0 aromatic heterocycles. The topological polar surface area (TPSA) is 27.7 Å². The number of methoxy groups -OCH3 is 1.